The van der Waals surface area contributed by atoms with Crippen molar-refractivity contribution in [2.45, 2.75) is 26.7 Å². The zero-order valence-corrected chi connectivity index (χ0v) is 24.3. The number of anilines is 2. The van der Waals surface area contributed by atoms with Gasteiger partial charge in [-0.3, -0.25) is 14.4 Å². The molecular weight excluding hydrogens is 560 g/mol. The first-order valence-electron chi connectivity index (χ1n) is 14.0. The number of carbonyl (C=O) groups is 4. The smallest absolute Gasteiger partial charge is 0.343 e. The predicted molar refractivity (Wildman–Crippen MR) is 168 cm³/mol. The van der Waals surface area contributed by atoms with Crippen LogP contribution in [0.25, 0.3) is 0 Å². The minimum atomic E-state index is -1.03. The van der Waals surface area contributed by atoms with Crippen molar-refractivity contribution in [1.29, 1.82) is 0 Å². The molecule has 0 saturated heterocycles. The monoisotopic (exact) mass is 592 g/mol. The van der Waals surface area contributed by atoms with Crippen LogP contribution < -0.4 is 25.5 Å². The van der Waals surface area contributed by atoms with E-state index in [4.69, 9.17) is 9.47 Å². The first-order chi connectivity index (χ1) is 21.3. The molecule has 224 valence electrons. The van der Waals surface area contributed by atoms with E-state index in [9.17, 15) is 19.2 Å². The summed E-state index contributed by atoms with van der Waals surface area (Å²) in [5, 5.41) is 9.04. The minimum Gasteiger partial charge on any atom is -0.494 e. The third-order valence-corrected chi connectivity index (χ3v) is 6.23. The molecule has 3 N–H and O–H groups in total. The Morgan fingerprint density at radius 3 is 2.25 bits per heavy atom. The summed E-state index contributed by atoms with van der Waals surface area (Å²) in [5.41, 5.74) is 5.06. The molecular formula is C34H32N4O6. The third kappa shape index (κ3) is 9.12. The van der Waals surface area contributed by atoms with E-state index in [0.717, 1.165) is 18.4 Å². The van der Waals surface area contributed by atoms with Crippen LogP contribution in [-0.4, -0.2) is 36.5 Å². The number of amides is 3. The number of benzene rings is 4. The lowest BCUT2D eigenvalue weighted by molar-refractivity contribution is -0.136. The Morgan fingerprint density at radius 1 is 0.795 bits per heavy atom. The van der Waals surface area contributed by atoms with Gasteiger partial charge in [0.15, 0.2) is 0 Å². The van der Waals surface area contributed by atoms with Crippen molar-refractivity contribution in [2.24, 2.45) is 5.10 Å². The van der Waals surface area contributed by atoms with Gasteiger partial charge >= 0.3 is 17.8 Å². The quantitative estimate of drug-likeness (QED) is 0.0508. The summed E-state index contributed by atoms with van der Waals surface area (Å²) in [6.07, 6.45) is 3.32. The van der Waals surface area contributed by atoms with Crippen LogP contribution in [0.2, 0.25) is 0 Å². The number of esters is 1. The van der Waals surface area contributed by atoms with Crippen LogP contribution in [0, 0.1) is 6.92 Å². The Labute approximate surface area is 255 Å². The molecule has 4 aromatic rings. The lowest BCUT2D eigenvalue weighted by atomic mass is 10.1. The molecule has 0 unspecified atom stereocenters. The molecule has 0 aromatic heterocycles. The highest BCUT2D eigenvalue weighted by atomic mass is 16.5. The average Bonchev–Trinajstić information content (AvgIpc) is 3.02. The lowest BCUT2D eigenvalue weighted by Gasteiger charge is -2.11. The van der Waals surface area contributed by atoms with Crippen LogP contribution in [0.15, 0.2) is 102 Å². The maximum absolute atomic E-state index is 12.8. The van der Waals surface area contributed by atoms with Crippen LogP contribution in [0.3, 0.4) is 0 Å². The van der Waals surface area contributed by atoms with Gasteiger partial charge in [-0.2, -0.15) is 5.10 Å². The second kappa shape index (κ2) is 15.5. The third-order valence-electron chi connectivity index (χ3n) is 6.23. The van der Waals surface area contributed by atoms with E-state index < -0.39 is 23.7 Å². The molecule has 3 amide bonds. The highest BCUT2D eigenvalue weighted by Crippen LogP contribution is 2.19. The van der Waals surface area contributed by atoms with Gasteiger partial charge in [-0.25, -0.2) is 10.2 Å². The standard InChI is InChI=1S/C34H32N4O6/c1-3-4-20-43-27-18-14-25(15-19-27)34(42)44-28-16-12-24(13-17-28)22-35-38-33(41)32(40)37-30-11-6-5-10-29(30)31(39)36-26-9-7-8-23(2)21-26/h5-19,21-22H,3-4,20H2,1-2H3,(H,36,39)(H,37,40)(H,38,41)/b35-22-. The molecule has 4 rings (SSSR count). The van der Waals surface area contributed by atoms with Crippen molar-refractivity contribution in [2.75, 3.05) is 17.2 Å². The second-order valence-electron chi connectivity index (χ2n) is 9.71. The summed E-state index contributed by atoms with van der Waals surface area (Å²) in [7, 11) is 0. The summed E-state index contributed by atoms with van der Waals surface area (Å²) in [6.45, 7) is 4.61. The summed E-state index contributed by atoms with van der Waals surface area (Å²) in [6, 6.07) is 26.8. The predicted octanol–water partition coefficient (Wildman–Crippen LogP) is 5.73. The maximum atomic E-state index is 12.8. The summed E-state index contributed by atoms with van der Waals surface area (Å²) >= 11 is 0. The van der Waals surface area contributed by atoms with Crippen molar-refractivity contribution in [3.63, 3.8) is 0 Å². The van der Waals surface area contributed by atoms with Crippen LogP contribution in [0.1, 0.15) is 51.6 Å². The molecule has 0 fully saturated rings. The largest absolute Gasteiger partial charge is 0.494 e. The van der Waals surface area contributed by atoms with E-state index in [1.165, 1.54) is 18.3 Å². The number of unbranched alkanes of at least 4 members (excludes halogenated alkanes) is 1. The van der Waals surface area contributed by atoms with Gasteiger partial charge in [0, 0.05) is 5.69 Å². The molecule has 0 aliphatic carbocycles. The Morgan fingerprint density at radius 2 is 1.52 bits per heavy atom. The van der Waals surface area contributed by atoms with Crippen molar-refractivity contribution >= 4 is 41.3 Å². The Kier molecular flexibility index (Phi) is 10.9. The van der Waals surface area contributed by atoms with Crippen molar-refractivity contribution < 1.29 is 28.7 Å². The molecule has 0 bridgehead atoms. The van der Waals surface area contributed by atoms with Gasteiger partial charge in [0.1, 0.15) is 11.5 Å². The number of carbonyl (C=O) groups excluding carboxylic acids is 4. The number of nitrogens with zero attached hydrogens (tertiary/aromatic N) is 1. The number of ether oxygens (including phenoxy) is 2. The Balaban J connectivity index is 1.27. The van der Waals surface area contributed by atoms with Gasteiger partial charge in [0.25, 0.3) is 5.91 Å². The zero-order valence-electron chi connectivity index (χ0n) is 24.3. The highest BCUT2D eigenvalue weighted by Gasteiger charge is 2.18. The van der Waals surface area contributed by atoms with Gasteiger partial charge in [-0.1, -0.05) is 37.6 Å². The van der Waals surface area contributed by atoms with E-state index in [2.05, 4.69) is 28.1 Å². The van der Waals surface area contributed by atoms with Crippen LogP contribution >= 0.6 is 0 Å². The van der Waals surface area contributed by atoms with Gasteiger partial charge in [0.05, 0.1) is 29.6 Å². The average molecular weight is 593 g/mol. The second-order valence-corrected chi connectivity index (χ2v) is 9.71. The first-order valence-corrected chi connectivity index (χ1v) is 14.0. The molecule has 0 aliphatic rings. The molecule has 44 heavy (non-hydrogen) atoms. The molecule has 10 nitrogen and oxygen atoms in total. The molecule has 0 aliphatic heterocycles. The zero-order chi connectivity index (χ0) is 31.3. The molecule has 4 aromatic carbocycles. The van der Waals surface area contributed by atoms with E-state index in [-0.39, 0.29) is 11.3 Å². The van der Waals surface area contributed by atoms with Crippen molar-refractivity contribution in [1.82, 2.24) is 5.43 Å². The fraction of sp³-hybridized carbons (Fsp3) is 0.147. The number of nitrogens with one attached hydrogen (secondary N) is 3. The van der Waals surface area contributed by atoms with E-state index in [0.29, 0.717) is 34.9 Å². The Hall–Kier alpha value is -5.77. The SMILES string of the molecule is CCCCOc1ccc(C(=O)Oc2ccc(/C=N\NC(=O)C(=O)Nc3ccccc3C(=O)Nc3cccc(C)c3)cc2)cc1. The number of hydrogen-bond donors (Lipinski definition) is 3. The molecule has 0 atom stereocenters. The number of hydrogen-bond acceptors (Lipinski definition) is 7. The van der Waals surface area contributed by atoms with Gasteiger partial charge < -0.3 is 20.1 Å². The van der Waals surface area contributed by atoms with E-state index >= 15 is 0 Å². The van der Waals surface area contributed by atoms with Crippen molar-refractivity contribution in [3.05, 3.63) is 119 Å². The van der Waals surface area contributed by atoms with Crippen LogP contribution in [0.5, 0.6) is 11.5 Å². The number of para-hydroxylation sites is 1. The minimum absolute atomic E-state index is 0.170. The fourth-order valence-corrected chi connectivity index (χ4v) is 3.92. The normalized spacial score (nSPS) is 10.6. The Bertz CT molecular complexity index is 1650. The molecule has 0 saturated carbocycles. The molecule has 0 spiro atoms. The number of aryl methyl sites for hydroxylation is 1. The van der Waals surface area contributed by atoms with Gasteiger partial charge in [0.2, 0.25) is 0 Å². The highest BCUT2D eigenvalue weighted by molar-refractivity contribution is 6.40. The first kappa shape index (κ1) is 31.2. The number of hydrazone groups is 1. The summed E-state index contributed by atoms with van der Waals surface area (Å²) in [5.74, 6) is -1.97. The van der Waals surface area contributed by atoms with Gasteiger partial charge in [-0.05, 0) is 97.3 Å². The lowest BCUT2D eigenvalue weighted by Crippen LogP contribution is -2.33. The molecule has 10 heteroatoms. The topological polar surface area (TPSA) is 135 Å². The maximum Gasteiger partial charge on any atom is 0.343 e. The van der Waals surface area contributed by atoms with E-state index in [1.807, 2.05) is 25.1 Å². The van der Waals surface area contributed by atoms with E-state index in [1.54, 1.807) is 66.7 Å². The number of rotatable bonds is 11. The van der Waals surface area contributed by atoms with Crippen LogP contribution in [-0.2, 0) is 9.59 Å². The summed E-state index contributed by atoms with van der Waals surface area (Å²) in [4.78, 5) is 50.1. The summed E-state index contributed by atoms with van der Waals surface area (Å²) < 4.78 is 11.0. The molecule has 0 heterocycles. The fourth-order valence-electron chi connectivity index (χ4n) is 3.92. The van der Waals surface area contributed by atoms with Crippen LogP contribution in [0.4, 0.5) is 11.4 Å². The molecule has 0 radical (unpaired) electrons. The van der Waals surface area contributed by atoms with Crippen molar-refractivity contribution in [3.8, 4) is 11.5 Å². The van der Waals surface area contributed by atoms with Gasteiger partial charge in [-0.15, -0.1) is 0 Å².